The largest absolute Gasteiger partial charge is 0.355 e. The van der Waals surface area contributed by atoms with Gasteiger partial charge in [0, 0.05) is 19.3 Å². The van der Waals surface area contributed by atoms with E-state index in [1.54, 1.807) is 25.2 Å². The summed E-state index contributed by atoms with van der Waals surface area (Å²) >= 11 is 6.05. The Labute approximate surface area is 149 Å². The fourth-order valence-corrected chi connectivity index (χ4v) is 2.59. The average molecular weight is 354 g/mol. The molecule has 3 amide bonds. The molecule has 0 aliphatic heterocycles. The molecule has 0 unspecified atom stereocenters. The number of unbranched alkanes of at least 4 members (excludes halogenated alkanes) is 3. The summed E-state index contributed by atoms with van der Waals surface area (Å²) < 4.78 is 0. The highest BCUT2D eigenvalue weighted by atomic mass is 35.5. The predicted molar refractivity (Wildman–Crippen MR) is 99.8 cm³/mol. The van der Waals surface area contributed by atoms with Crippen molar-refractivity contribution in [2.45, 2.75) is 46.0 Å². The summed E-state index contributed by atoms with van der Waals surface area (Å²) in [6, 6.07) is 4.55. The van der Waals surface area contributed by atoms with E-state index in [4.69, 9.17) is 11.6 Å². The van der Waals surface area contributed by atoms with Crippen LogP contribution in [-0.2, 0) is 0 Å². The highest BCUT2D eigenvalue weighted by Crippen LogP contribution is 2.20. The highest BCUT2D eigenvalue weighted by molar-refractivity contribution is 6.34. The van der Waals surface area contributed by atoms with Gasteiger partial charge in [-0.3, -0.25) is 4.79 Å². The Morgan fingerprint density at radius 1 is 1.12 bits per heavy atom. The van der Waals surface area contributed by atoms with Gasteiger partial charge in [0.05, 0.1) is 10.6 Å². The molecule has 134 valence electrons. The van der Waals surface area contributed by atoms with Gasteiger partial charge < -0.3 is 16.0 Å². The van der Waals surface area contributed by atoms with Crippen LogP contribution in [0.5, 0.6) is 0 Å². The second-order valence-electron chi connectivity index (χ2n) is 6.25. The first-order valence-corrected chi connectivity index (χ1v) is 8.88. The molecule has 6 heteroatoms. The van der Waals surface area contributed by atoms with E-state index in [2.05, 4.69) is 29.8 Å². The van der Waals surface area contributed by atoms with E-state index in [-0.39, 0.29) is 11.9 Å². The molecular formula is C18H28ClN3O2. The normalized spacial score (nSPS) is 10.5. The third-order valence-electron chi connectivity index (χ3n) is 3.69. The van der Waals surface area contributed by atoms with Gasteiger partial charge in [-0.1, -0.05) is 51.1 Å². The second kappa shape index (κ2) is 10.9. The van der Waals surface area contributed by atoms with Crippen LogP contribution in [0.4, 0.5) is 10.5 Å². The van der Waals surface area contributed by atoms with E-state index in [1.165, 1.54) is 19.3 Å². The van der Waals surface area contributed by atoms with Crippen LogP contribution in [0.25, 0.3) is 0 Å². The van der Waals surface area contributed by atoms with E-state index < -0.39 is 0 Å². The maximum absolute atomic E-state index is 11.8. The van der Waals surface area contributed by atoms with Gasteiger partial charge in [0.25, 0.3) is 5.91 Å². The molecule has 0 aromatic heterocycles. The van der Waals surface area contributed by atoms with Crippen molar-refractivity contribution in [2.75, 3.05) is 18.9 Å². The van der Waals surface area contributed by atoms with Gasteiger partial charge in [0.1, 0.15) is 0 Å². The average Bonchev–Trinajstić information content (AvgIpc) is 2.53. The van der Waals surface area contributed by atoms with Crippen LogP contribution in [-0.4, -0.2) is 25.5 Å². The fourth-order valence-electron chi connectivity index (χ4n) is 2.32. The van der Waals surface area contributed by atoms with Gasteiger partial charge in [0.2, 0.25) is 0 Å². The van der Waals surface area contributed by atoms with Crippen LogP contribution in [0.2, 0.25) is 5.02 Å². The van der Waals surface area contributed by atoms with Gasteiger partial charge in [-0.25, -0.2) is 4.79 Å². The third-order valence-corrected chi connectivity index (χ3v) is 4.01. The van der Waals surface area contributed by atoms with Gasteiger partial charge >= 0.3 is 6.03 Å². The molecule has 0 atom stereocenters. The minimum absolute atomic E-state index is 0.256. The summed E-state index contributed by atoms with van der Waals surface area (Å²) in [5.41, 5.74) is 0.939. The zero-order valence-corrected chi connectivity index (χ0v) is 15.5. The summed E-state index contributed by atoms with van der Waals surface area (Å²) in [5, 5.41) is 8.36. The Morgan fingerprint density at radius 3 is 2.46 bits per heavy atom. The van der Waals surface area contributed by atoms with Gasteiger partial charge in [0.15, 0.2) is 0 Å². The molecule has 0 aliphatic rings. The first kappa shape index (κ1) is 20.3. The van der Waals surface area contributed by atoms with Crippen molar-refractivity contribution in [3.63, 3.8) is 0 Å². The van der Waals surface area contributed by atoms with Gasteiger partial charge in [-0.2, -0.15) is 0 Å². The molecule has 5 nitrogen and oxygen atoms in total. The van der Waals surface area contributed by atoms with Crippen LogP contribution in [0.3, 0.4) is 0 Å². The lowest BCUT2D eigenvalue weighted by atomic mass is 10.0. The number of carbonyl (C=O) groups is 2. The summed E-state index contributed by atoms with van der Waals surface area (Å²) in [6.45, 7) is 5.12. The van der Waals surface area contributed by atoms with Crippen molar-refractivity contribution in [3.05, 3.63) is 28.8 Å². The maximum atomic E-state index is 11.8. The molecule has 24 heavy (non-hydrogen) atoms. The minimum atomic E-state index is -0.263. The van der Waals surface area contributed by atoms with Crippen molar-refractivity contribution in [1.29, 1.82) is 0 Å². The lowest BCUT2D eigenvalue weighted by molar-refractivity contribution is 0.0963. The van der Waals surface area contributed by atoms with Crippen molar-refractivity contribution in [1.82, 2.24) is 10.6 Å². The molecule has 3 N–H and O–H groups in total. The molecule has 0 spiro atoms. The molecule has 0 radical (unpaired) electrons. The van der Waals surface area contributed by atoms with Crippen molar-refractivity contribution in [3.8, 4) is 0 Å². The quantitative estimate of drug-likeness (QED) is 0.575. The molecule has 1 aromatic carbocycles. The number of carbonyl (C=O) groups excluding carboxylic acids is 2. The van der Waals surface area contributed by atoms with E-state index in [0.717, 1.165) is 18.8 Å². The number of hydrogen-bond acceptors (Lipinski definition) is 2. The maximum Gasteiger partial charge on any atom is 0.319 e. The molecule has 0 saturated heterocycles. The third kappa shape index (κ3) is 7.68. The second-order valence-corrected chi connectivity index (χ2v) is 6.66. The summed E-state index contributed by atoms with van der Waals surface area (Å²) in [7, 11) is 1.54. The zero-order valence-electron chi connectivity index (χ0n) is 14.7. The highest BCUT2D eigenvalue weighted by Gasteiger charge is 2.10. The Bertz CT molecular complexity index is 547. The van der Waals surface area contributed by atoms with E-state index in [1.807, 2.05) is 0 Å². The Morgan fingerprint density at radius 2 is 1.83 bits per heavy atom. The molecule has 0 saturated carbocycles. The summed E-state index contributed by atoms with van der Waals surface area (Å²) in [6.07, 6.45) is 5.82. The van der Waals surface area contributed by atoms with E-state index in [9.17, 15) is 9.59 Å². The molecule has 0 heterocycles. The van der Waals surface area contributed by atoms with Crippen LogP contribution in [0.1, 0.15) is 56.3 Å². The molecule has 1 rings (SSSR count). The van der Waals surface area contributed by atoms with Crippen molar-refractivity contribution in [2.24, 2.45) is 5.92 Å². The first-order chi connectivity index (χ1) is 11.4. The lowest BCUT2D eigenvalue weighted by Gasteiger charge is -2.09. The van der Waals surface area contributed by atoms with Crippen molar-refractivity contribution < 1.29 is 9.59 Å². The summed E-state index contributed by atoms with van der Waals surface area (Å²) in [4.78, 5) is 23.4. The number of halogens is 1. The number of urea groups is 1. The Balaban J connectivity index is 2.28. The molecular weight excluding hydrogens is 326 g/mol. The number of benzene rings is 1. The predicted octanol–water partition coefficient (Wildman–Crippen LogP) is 4.43. The van der Waals surface area contributed by atoms with Gasteiger partial charge in [-0.15, -0.1) is 0 Å². The number of hydrogen-bond donors (Lipinski definition) is 3. The number of nitrogens with one attached hydrogen (secondary N) is 3. The monoisotopic (exact) mass is 353 g/mol. The van der Waals surface area contributed by atoms with E-state index >= 15 is 0 Å². The fraction of sp³-hybridized carbons (Fsp3) is 0.556. The van der Waals surface area contributed by atoms with Crippen LogP contribution < -0.4 is 16.0 Å². The Kier molecular flexibility index (Phi) is 9.23. The molecule has 0 aliphatic carbocycles. The Hall–Kier alpha value is -1.75. The minimum Gasteiger partial charge on any atom is -0.355 e. The summed E-state index contributed by atoms with van der Waals surface area (Å²) in [5.74, 6) is 0.504. The lowest BCUT2D eigenvalue weighted by Crippen LogP contribution is -2.29. The molecule has 0 bridgehead atoms. The first-order valence-electron chi connectivity index (χ1n) is 8.50. The SMILES string of the molecule is CNC(=O)c1ccc(NC(=O)NCCCCCCC(C)C)cc1Cl. The topological polar surface area (TPSA) is 70.2 Å². The van der Waals surface area contributed by atoms with Gasteiger partial charge in [-0.05, 0) is 30.5 Å². The molecule has 0 fully saturated rings. The number of amides is 3. The van der Waals surface area contributed by atoms with Crippen molar-refractivity contribution >= 4 is 29.2 Å². The van der Waals surface area contributed by atoms with E-state index in [0.29, 0.717) is 22.8 Å². The number of anilines is 1. The molecule has 1 aromatic rings. The standard InChI is InChI=1S/C18H28ClN3O2/c1-13(2)8-6-4-5-7-11-21-18(24)22-14-9-10-15(16(19)12-14)17(23)20-3/h9-10,12-13H,4-8,11H2,1-3H3,(H,20,23)(H2,21,22,24). The van der Waals surface area contributed by atoms with Crippen LogP contribution >= 0.6 is 11.6 Å². The smallest absolute Gasteiger partial charge is 0.319 e. The van der Waals surface area contributed by atoms with Crippen LogP contribution in [0.15, 0.2) is 18.2 Å². The van der Waals surface area contributed by atoms with Crippen LogP contribution in [0, 0.1) is 5.92 Å². The number of rotatable bonds is 9. The zero-order chi connectivity index (χ0) is 17.9.